The lowest BCUT2D eigenvalue weighted by molar-refractivity contribution is -0.137. The Kier molecular flexibility index (Phi) is 9.44. The van der Waals surface area contributed by atoms with Crippen LogP contribution < -0.4 is 9.62 Å². The third-order valence-corrected chi connectivity index (χ3v) is 8.90. The first-order valence-electron chi connectivity index (χ1n) is 13.3. The molecule has 1 N–H and O–H groups in total. The first-order valence-corrected chi connectivity index (χ1v) is 15.5. The SMILES string of the molecule is CC(C)N1C(=O)c2ccccc2NS1(=O)=O.CCOC(=O)/C(Cl)=C/c1cc(N2C(=O)C3=C(CCCC3)C2=O)ccc1Cl. The van der Waals surface area contributed by atoms with E-state index >= 15 is 0 Å². The van der Waals surface area contributed by atoms with Gasteiger partial charge in [0.1, 0.15) is 5.03 Å². The summed E-state index contributed by atoms with van der Waals surface area (Å²) in [5.74, 6) is -1.71. The molecule has 222 valence electrons. The summed E-state index contributed by atoms with van der Waals surface area (Å²) in [5.41, 5.74) is 2.76. The molecule has 2 heterocycles. The number of benzene rings is 2. The molecule has 0 saturated heterocycles. The molecule has 42 heavy (non-hydrogen) atoms. The number of esters is 1. The average Bonchev–Trinajstić information content (AvgIpc) is 3.19. The number of amides is 3. The Morgan fingerprint density at radius 3 is 2.24 bits per heavy atom. The van der Waals surface area contributed by atoms with Gasteiger partial charge >= 0.3 is 16.2 Å². The van der Waals surface area contributed by atoms with E-state index in [9.17, 15) is 27.6 Å². The van der Waals surface area contributed by atoms with Crippen molar-refractivity contribution in [1.82, 2.24) is 4.31 Å². The molecular formula is C29H29Cl2N3O7S. The van der Waals surface area contributed by atoms with Gasteiger partial charge in [-0.3, -0.25) is 19.1 Å². The van der Waals surface area contributed by atoms with Crippen LogP contribution in [0.5, 0.6) is 0 Å². The van der Waals surface area contributed by atoms with Crippen LogP contribution in [0.1, 0.15) is 62.4 Å². The van der Waals surface area contributed by atoms with Crippen LogP contribution in [0.2, 0.25) is 5.02 Å². The first kappa shape index (κ1) is 31.3. The standard InChI is InChI=1S/C19H17Cl2NO4.C10H12N2O3S/c1-2-26-19(25)16(21)10-11-9-12(7-8-15(11)20)22-17(23)13-5-3-4-6-14(13)18(22)24;1-7(2)12-10(13)8-5-3-4-6-9(8)11-16(12,14)15/h7-10H,2-6H2,1H3;3-7,11H,1-2H3/b16-10-;. The van der Waals surface area contributed by atoms with E-state index in [0.29, 0.717) is 51.5 Å². The fourth-order valence-corrected chi connectivity index (χ4v) is 6.61. The van der Waals surface area contributed by atoms with Crippen molar-refractivity contribution < 1.29 is 32.3 Å². The van der Waals surface area contributed by atoms with Crippen LogP contribution in [0.4, 0.5) is 11.4 Å². The van der Waals surface area contributed by atoms with Crippen LogP contribution in [0.15, 0.2) is 58.6 Å². The van der Waals surface area contributed by atoms with Gasteiger partial charge in [-0.05, 0) is 88.4 Å². The van der Waals surface area contributed by atoms with Crippen LogP contribution in [0.3, 0.4) is 0 Å². The maximum atomic E-state index is 12.7. The lowest BCUT2D eigenvalue weighted by Gasteiger charge is -2.31. The number of carbonyl (C=O) groups excluding carboxylic acids is 4. The summed E-state index contributed by atoms with van der Waals surface area (Å²) in [7, 11) is -3.75. The molecule has 0 fully saturated rings. The van der Waals surface area contributed by atoms with E-state index in [1.54, 1.807) is 63.2 Å². The molecule has 0 saturated carbocycles. The fraction of sp³-hybridized carbons (Fsp3) is 0.310. The Hall–Kier alpha value is -3.67. The number of carbonyl (C=O) groups is 4. The first-order chi connectivity index (χ1) is 19.9. The fourth-order valence-electron chi connectivity index (χ4n) is 4.84. The molecule has 3 aliphatic rings. The normalized spacial score (nSPS) is 17.9. The van der Waals surface area contributed by atoms with Crippen molar-refractivity contribution >= 4 is 74.6 Å². The molecule has 10 nitrogen and oxygen atoms in total. The highest BCUT2D eigenvalue weighted by Crippen LogP contribution is 2.37. The quantitative estimate of drug-likeness (QED) is 0.264. The van der Waals surface area contributed by atoms with Gasteiger partial charge in [-0.1, -0.05) is 35.3 Å². The molecule has 0 aromatic heterocycles. The van der Waals surface area contributed by atoms with E-state index in [4.69, 9.17) is 27.9 Å². The Morgan fingerprint density at radius 2 is 1.64 bits per heavy atom. The molecule has 0 spiro atoms. The molecule has 5 rings (SSSR count). The van der Waals surface area contributed by atoms with Crippen LogP contribution in [0.25, 0.3) is 6.08 Å². The summed E-state index contributed by atoms with van der Waals surface area (Å²) >= 11 is 12.1. The Labute approximate surface area is 254 Å². The number of anilines is 2. The maximum Gasteiger partial charge on any atom is 0.349 e. The molecule has 0 unspecified atom stereocenters. The van der Waals surface area contributed by atoms with Crippen LogP contribution in [0, 0.1) is 0 Å². The summed E-state index contributed by atoms with van der Waals surface area (Å²) in [4.78, 5) is 50.2. The number of halogens is 2. The Balaban J connectivity index is 0.000000216. The summed E-state index contributed by atoms with van der Waals surface area (Å²) < 4.78 is 31.6. The number of hydrogen-bond acceptors (Lipinski definition) is 7. The molecule has 2 aliphatic heterocycles. The number of hydrogen-bond donors (Lipinski definition) is 1. The molecule has 2 aromatic rings. The molecule has 13 heteroatoms. The van der Waals surface area contributed by atoms with Crippen molar-refractivity contribution in [3.63, 3.8) is 0 Å². The van der Waals surface area contributed by atoms with E-state index in [1.807, 2.05) is 0 Å². The zero-order valence-corrected chi connectivity index (χ0v) is 25.5. The minimum atomic E-state index is -3.75. The second-order valence-corrected chi connectivity index (χ2v) is 12.2. The van der Waals surface area contributed by atoms with Crippen molar-refractivity contribution in [2.45, 2.75) is 52.5 Å². The van der Waals surface area contributed by atoms with E-state index in [2.05, 4.69) is 4.72 Å². The molecule has 3 amide bonds. The van der Waals surface area contributed by atoms with Crippen LogP contribution >= 0.6 is 23.2 Å². The van der Waals surface area contributed by atoms with Gasteiger partial charge in [-0.15, -0.1) is 0 Å². The van der Waals surface area contributed by atoms with E-state index < -0.39 is 28.1 Å². The van der Waals surface area contributed by atoms with E-state index in [0.717, 1.165) is 17.1 Å². The molecule has 0 atom stereocenters. The average molecular weight is 635 g/mol. The lowest BCUT2D eigenvalue weighted by Crippen LogP contribution is -2.48. The molecule has 0 radical (unpaired) electrons. The third-order valence-electron chi connectivity index (χ3n) is 6.71. The van der Waals surface area contributed by atoms with E-state index in [1.165, 1.54) is 11.0 Å². The molecule has 1 aliphatic carbocycles. The maximum absolute atomic E-state index is 12.7. The molecule has 2 aromatic carbocycles. The zero-order valence-electron chi connectivity index (χ0n) is 23.1. The van der Waals surface area contributed by atoms with Crippen LogP contribution in [-0.2, 0) is 29.3 Å². The highest BCUT2D eigenvalue weighted by molar-refractivity contribution is 7.91. The number of rotatable bonds is 5. The predicted octanol–water partition coefficient (Wildman–Crippen LogP) is 5.43. The van der Waals surface area contributed by atoms with Gasteiger partial charge in [-0.2, -0.15) is 8.42 Å². The summed E-state index contributed by atoms with van der Waals surface area (Å²) in [6.45, 7) is 5.19. The van der Waals surface area contributed by atoms with Crippen molar-refractivity contribution in [1.29, 1.82) is 0 Å². The van der Waals surface area contributed by atoms with E-state index in [-0.39, 0.29) is 23.5 Å². The van der Waals surface area contributed by atoms with Gasteiger partial charge in [-0.25, -0.2) is 14.0 Å². The summed E-state index contributed by atoms with van der Waals surface area (Å²) in [6, 6.07) is 10.9. The number of para-hydroxylation sites is 1. The van der Waals surface area contributed by atoms with Gasteiger partial charge in [0.05, 0.1) is 23.5 Å². The summed E-state index contributed by atoms with van der Waals surface area (Å²) in [5, 5.41) is 0.204. The zero-order chi connectivity index (χ0) is 30.8. The second-order valence-electron chi connectivity index (χ2n) is 9.88. The lowest BCUT2D eigenvalue weighted by atomic mass is 9.93. The van der Waals surface area contributed by atoms with Crippen LogP contribution in [-0.4, -0.2) is 49.1 Å². The number of imide groups is 1. The highest BCUT2D eigenvalue weighted by atomic mass is 35.5. The summed E-state index contributed by atoms with van der Waals surface area (Å²) in [6.07, 6.45) is 4.45. The van der Waals surface area contributed by atoms with Crippen molar-refractivity contribution in [3.8, 4) is 0 Å². The third kappa shape index (κ3) is 6.23. The minimum Gasteiger partial charge on any atom is -0.462 e. The predicted molar refractivity (Wildman–Crippen MR) is 160 cm³/mol. The number of nitrogens with zero attached hydrogens (tertiary/aromatic N) is 2. The topological polar surface area (TPSA) is 130 Å². The minimum absolute atomic E-state index is 0.137. The van der Waals surface area contributed by atoms with Gasteiger partial charge in [0, 0.05) is 22.2 Å². The number of nitrogens with one attached hydrogen (secondary N) is 1. The van der Waals surface area contributed by atoms with Crippen molar-refractivity contribution in [2.24, 2.45) is 0 Å². The molecule has 0 bridgehead atoms. The Morgan fingerprint density at radius 1 is 1.02 bits per heavy atom. The largest absolute Gasteiger partial charge is 0.462 e. The second kappa shape index (κ2) is 12.7. The van der Waals surface area contributed by atoms with Gasteiger partial charge in [0.15, 0.2) is 0 Å². The molecular weight excluding hydrogens is 605 g/mol. The van der Waals surface area contributed by atoms with Gasteiger partial charge in [0.25, 0.3) is 17.7 Å². The Bertz CT molecular complexity index is 1610. The highest BCUT2D eigenvalue weighted by Gasteiger charge is 2.40. The van der Waals surface area contributed by atoms with Crippen molar-refractivity contribution in [3.05, 3.63) is 74.8 Å². The number of fused-ring (bicyclic) bond motifs is 1. The van der Waals surface area contributed by atoms with Gasteiger partial charge in [0.2, 0.25) is 0 Å². The number of ether oxygens (including phenoxy) is 1. The van der Waals surface area contributed by atoms with Gasteiger partial charge < -0.3 is 4.74 Å². The monoisotopic (exact) mass is 633 g/mol. The van der Waals surface area contributed by atoms with Crippen molar-refractivity contribution in [2.75, 3.05) is 16.2 Å². The smallest absolute Gasteiger partial charge is 0.349 e.